The van der Waals surface area contributed by atoms with Crippen LogP contribution in [0.3, 0.4) is 0 Å². The Balaban J connectivity index is 1.69. The first-order valence-corrected chi connectivity index (χ1v) is 9.60. The number of aryl methyl sites for hydroxylation is 1. The molecule has 0 radical (unpaired) electrons. The summed E-state index contributed by atoms with van der Waals surface area (Å²) in [7, 11) is 1.35. The Morgan fingerprint density at radius 2 is 2.14 bits per heavy atom. The van der Waals surface area contributed by atoms with E-state index in [-0.39, 0.29) is 12.5 Å². The summed E-state index contributed by atoms with van der Waals surface area (Å²) in [4.78, 5) is 30.6. The van der Waals surface area contributed by atoms with E-state index in [2.05, 4.69) is 4.98 Å². The minimum atomic E-state index is -0.406. The molecule has 0 aliphatic carbocycles. The maximum atomic E-state index is 12.6. The van der Waals surface area contributed by atoms with Crippen LogP contribution in [0.5, 0.6) is 5.75 Å². The van der Waals surface area contributed by atoms with Crippen LogP contribution in [-0.2, 0) is 16.1 Å². The molecule has 0 bridgehead atoms. The number of esters is 1. The van der Waals surface area contributed by atoms with Crippen molar-refractivity contribution in [3.63, 3.8) is 0 Å². The normalized spacial score (nSPS) is 13.1. The number of ether oxygens (including phenoxy) is 2. The van der Waals surface area contributed by atoms with Crippen LogP contribution in [0.4, 0.5) is 5.69 Å². The zero-order valence-corrected chi connectivity index (χ0v) is 16.3. The molecule has 4 rings (SSSR count). The van der Waals surface area contributed by atoms with E-state index in [0.717, 1.165) is 21.8 Å². The van der Waals surface area contributed by atoms with Gasteiger partial charge in [-0.15, -0.1) is 11.3 Å². The third kappa shape index (κ3) is 3.48. The Bertz CT molecular complexity index is 1060. The third-order valence-corrected chi connectivity index (χ3v) is 5.28. The molecular weight excluding hydrogens is 376 g/mol. The van der Waals surface area contributed by atoms with E-state index < -0.39 is 5.97 Å². The molecule has 0 fully saturated rings. The number of benzene rings is 2. The summed E-state index contributed by atoms with van der Waals surface area (Å²) >= 11 is 1.58. The van der Waals surface area contributed by atoms with Gasteiger partial charge in [0.2, 0.25) is 0 Å². The van der Waals surface area contributed by atoms with Crippen LogP contribution >= 0.6 is 11.3 Å². The summed E-state index contributed by atoms with van der Waals surface area (Å²) < 4.78 is 10.4. The number of anilines is 1. The van der Waals surface area contributed by atoms with Crippen LogP contribution in [0.1, 0.15) is 20.9 Å². The number of thiazole rings is 1. The van der Waals surface area contributed by atoms with Gasteiger partial charge < -0.3 is 14.4 Å². The number of carbonyl (C=O) groups is 2. The molecule has 6 nitrogen and oxygen atoms in total. The van der Waals surface area contributed by atoms with E-state index in [9.17, 15) is 9.59 Å². The third-order valence-electron chi connectivity index (χ3n) is 4.51. The number of hydrogen-bond acceptors (Lipinski definition) is 6. The first kappa shape index (κ1) is 18.2. The quantitative estimate of drug-likeness (QED) is 0.629. The molecule has 1 aliphatic rings. The van der Waals surface area contributed by atoms with Crippen molar-refractivity contribution >= 4 is 28.9 Å². The van der Waals surface area contributed by atoms with Gasteiger partial charge >= 0.3 is 5.97 Å². The molecule has 0 N–H and O–H groups in total. The number of rotatable bonds is 4. The van der Waals surface area contributed by atoms with E-state index in [1.807, 2.05) is 36.6 Å². The molecule has 0 saturated heterocycles. The minimum Gasteiger partial charge on any atom is -0.482 e. The van der Waals surface area contributed by atoms with Crippen molar-refractivity contribution in [3.05, 3.63) is 64.0 Å². The molecular formula is C21H18N2O4S. The molecule has 1 aliphatic heterocycles. The Kier molecular flexibility index (Phi) is 4.83. The van der Waals surface area contributed by atoms with Crippen LogP contribution in [-0.4, -0.2) is 30.6 Å². The van der Waals surface area contributed by atoms with E-state index in [0.29, 0.717) is 23.5 Å². The number of methoxy groups -OCH3 is 1. The first-order valence-electron chi connectivity index (χ1n) is 8.72. The highest BCUT2D eigenvalue weighted by atomic mass is 32.1. The second-order valence-electron chi connectivity index (χ2n) is 6.39. The Morgan fingerprint density at radius 1 is 1.29 bits per heavy atom. The molecule has 1 amide bonds. The van der Waals surface area contributed by atoms with Crippen LogP contribution < -0.4 is 9.64 Å². The van der Waals surface area contributed by atoms with Gasteiger partial charge in [0, 0.05) is 10.9 Å². The molecule has 1 aromatic heterocycles. The van der Waals surface area contributed by atoms with Crippen molar-refractivity contribution < 1.29 is 19.1 Å². The number of aromatic nitrogens is 1. The Labute approximate surface area is 166 Å². The van der Waals surface area contributed by atoms with Gasteiger partial charge in [0.25, 0.3) is 5.91 Å². The van der Waals surface area contributed by atoms with Crippen molar-refractivity contribution in [2.24, 2.45) is 0 Å². The van der Waals surface area contributed by atoms with E-state index >= 15 is 0 Å². The summed E-state index contributed by atoms with van der Waals surface area (Å²) in [5.74, 6) is 0.110. The van der Waals surface area contributed by atoms with Crippen LogP contribution in [0.25, 0.3) is 11.3 Å². The van der Waals surface area contributed by atoms with Crippen molar-refractivity contribution in [1.82, 2.24) is 4.98 Å². The average Bonchev–Trinajstić information content (AvgIpc) is 3.15. The van der Waals surface area contributed by atoms with Crippen LogP contribution in [0.2, 0.25) is 0 Å². The van der Waals surface area contributed by atoms with Gasteiger partial charge in [0.05, 0.1) is 35.6 Å². The number of hydrogen-bond donors (Lipinski definition) is 0. The average molecular weight is 394 g/mol. The predicted octanol–water partition coefficient (Wildman–Crippen LogP) is 3.83. The summed E-state index contributed by atoms with van der Waals surface area (Å²) in [6.07, 6.45) is 0. The van der Waals surface area contributed by atoms with Gasteiger partial charge in [0.15, 0.2) is 6.61 Å². The van der Waals surface area contributed by atoms with E-state index in [1.54, 1.807) is 34.4 Å². The summed E-state index contributed by atoms with van der Waals surface area (Å²) in [6.45, 7) is 2.28. The zero-order valence-electron chi connectivity index (χ0n) is 15.5. The smallest absolute Gasteiger partial charge is 0.337 e. The molecule has 3 aromatic rings. The van der Waals surface area contributed by atoms with Gasteiger partial charge in [-0.1, -0.05) is 12.1 Å². The van der Waals surface area contributed by atoms with Gasteiger partial charge in [-0.2, -0.15) is 0 Å². The highest BCUT2D eigenvalue weighted by Crippen LogP contribution is 2.37. The number of fused-ring (bicyclic) bond motifs is 1. The molecule has 2 aromatic carbocycles. The largest absolute Gasteiger partial charge is 0.482 e. The second kappa shape index (κ2) is 7.44. The van der Waals surface area contributed by atoms with E-state index in [4.69, 9.17) is 9.47 Å². The number of amides is 1. The maximum absolute atomic E-state index is 12.6. The van der Waals surface area contributed by atoms with Crippen molar-refractivity contribution in [2.75, 3.05) is 18.6 Å². The van der Waals surface area contributed by atoms with Crippen molar-refractivity contribution in [1.29, 1.82) is 0 Å². The zero-order chi connectivity index (χ0) is 19.7. The molecule has 0 atom stereocenters. The van der Waals surface area contributed by atoms with Crippen LogP contribution in [0.15, 0.2) is 47.8 Å². The first-order chi connectivity index (χ1) is 13.5. The lowest BCUT2D eigenvalue weighted by atomic mass is 10.1. The lowest BCUT2D eigenvalue weighted by Crippen LogP contribution is -2.38. The summed E-state index contributed by atoms with van der Waals surface area (Å²) in [5, 5.41) is 2.98. The topological polar surface area (TPSA) is 68.7 Å². The molecule has 142 valence electrons. The molecule has 28 heavy (non-hydrogen) atoms. The molecule has 7 heteroatoms. The Morgan fingerprint density at radius 3 is 2.89 bits per heavy atom. The number of carbonyl (C=O) groups excluding carboxylic acids is 2. The van der Waals surface area contributed by atoms with Crippen LogP contribution in [0, 0.1) is 6.92 Å². The second-order valence-corrected chi connectivity index (χ2v) is 7.46. The van der Waals surface area contributed by atoms with Crippen molar-refractivity contribution in [2.45, 2.75) is 13.5 Å². The SMILES string of the molecule is COC(=O)c1cccc(CN2C(=O)COc3ccc(-c4csc(C)n4)cc32)c1. The fraction of sp³-hybridized carbons (Fsp3) is 0.190. The van der Waals surface area contributed by atoms with E-state index in [1.165, 1.54) is 7.11 Å². The van der Waals surface area contributed by atoms with Gasteiger partial charge in [-0.3, -0.25) is 4.79 Å². The highest BCUT2D eigenvalue weighted by Gasteiger charge is 2.26. The minimum absolute atomic E-state index is 0.0150. The van der Waals surface area contributed by atoms with Crippen molar-refractivity contribution in [3.8, 4) is 17.0 Å². The lowest BCUT2D eigenvalue weighted by Gasteiger charge is -2.30. The monoisotopic (exact) mass is 394 g/mol. The molecule has 0 spiro atoms. The predicted molar refractivity (Wildman–Crippen MR) is 107 cm³/mol. The molecule has 0 unspecified atom stereocenters. The molecule has 2 heterocycles. The van der Waals surface area contributed by atoms with Gasteiger partial charge in [0.1, 0.15) is 5.75 Å². The highest BCUT2D eigenvalue weighted by molar-refractivity contribution is 7.09. The summed E-state index contributed by atoms with van der Waals surface area (Å²) in [5.41, 5.74) is 3.78. The fourth-order valence-electron chi connectivity index (χ4n) is 3.13. The standard InChI is InChI=1S/C21H18N2O4S/c1-13-22-17(12-28-13)15-6-7-19-18(9-15)23(20(24)11-27-19)10-14-4-3-5-16(8-14)21(25)26-2/h3-9,12H,10-11H2,1-2H3. The van der Waals surface area contributed by atoms with Gasteiger partial charge in [-0.05, 0) is 42.8 Å². The van der Waals surface area contributed by atoms with Gasteiger partial charge in [-0.25, -0.2) is 9.78 Å². The number of nitrogens with zero attached hydrogens (tertiary/aromatic N) is 2. The maximum Gasteiger partial charge on any atom is 0.337 e. The molecule has 0 saturated carbocycles. The Hall–Kier alpha value is -3.19. The lowest BCUT2D eigenvalue weighted by molar-refractivity contribution is -0.121. The summed E-state index contributed by atoms with van der Waals surface area (Å²) in [6, 6.07) is 12.8. The fourth-order valence-corrected chi connectivity index (χ4v) is 3.75.